The van der Waals surface area contributed by atoms with E-state index >= 15 is 0 Å². The molecule has 1 aliphatic carbocycles. The lowest BCUT2D eigenvalue weighted by Crippen LogP contribution is -2.38. The third kappa shape index (κ3) is 5.68. The molecule has 1 unspecified atom stereocenters. The van der Waals surface area contributed by atoms with Gasteiger partial charge in [-0.15, -0.1) is 0 Å². The van der Waals surface area contributed by atoms with Crippen LogP contribution in [0.25, 0.3) is 0 Å². The number of hydrogen-bond acceptors (Lipinski definition) is 3. The average Bonchev–Trinajstić information content (AvgIpc) is 3.54. The van der Waals surface area contributed by atoms with Gasteiger partial charge in [-0.2, -0.15) is 0 Å². The van der Waals surface area contributed by atoms with Crippen molar-refractivity contribution in [2.45, 2.75) is 44.1 Å². The van der Waals surface area contributed by atoms with Crippen LogP contribution in [-0.2, 0) is 6.42 Å². The summed E-state index contributed by atoms with van der Waals surface area (Å²) >= 11 is 0. The van der Waals surface area contributed by atoms with Crippen LogP contribution in [0.4, 0.5) is 0 Å². The highest BCUT2D eigenvalue weighted by Gasteiger charge is 2.38. The molecule has 1 aliphatic heterocycles. The highest BCUT2D eigenvalue weighted by atomic mass is 16.4. The van der Waals surface area contributed by atoms with E-state index in [-0.39, 0.29) is 0 Å². The molecule has 4 heteroatoms. The molecule has 0 amide bonds. The van der Waals surface area contributed by atoms with Gasteiger partial charge < -0.3 is 15.3 Å². The van der Waals surface area contributed by atoms with Crippen molar-refractivity contribution in [2.24, 2.45) is 5.92 Å². The second kappa shape index (κ2) is 9.55. The molecule has 1 saturated carbocycles. The molecule has 2 aliphatic rings. The zero-order valence-corrected chi connectivity index (χ0v) is 17.1. The molecule has 0 spiro atoms. The molecule has 2 fully saturated rings. The number of nitrogens with zero attached hydrogens (tertiary/aromatic N) is 1. The first-order chi connectivity index (χ1) is 14.2. The number of nitrogens with one attached hydrogen (secondary N) is 1. The molecule has 2 aromatic carbocycles. The van der Waals surface area contributed by atoms with E-state index in [4.69, 9.17) is 5.11 Å². The van der Waals surface area contributed by atoms with Crippen molar-refractivity contribution in [1.82, 2.24) is 10.2 Å². The number of benzene rings is 2. The molecule has 2 atom stereocenters. The minimum absolute atomic E-state index is 0.390. The van der Waals surface area contributed by atoms with Crippen LogP contribution in [0.2, 0.25) is 0 Å². The fourth-order valence-corrected chi connectivity index (χ4v) is 4.59. The molecule has 0 bridgehead atoms. The lowest BCUT2D eigenvalue weighted by molar-refractivity contribution is 0.0696. The number of carboxylic acids is 1. The van der Waals surface area contributed by atoms with E-state index in [0.29, 0.717) is 11.6 Å². The first-order valence-electron chi connectivity index (χ1n) is 11.0. The summed E-state index contributed by atoms with van der Waals surface area (Å²) in [6.45, 7) is 4.64. The van der Waals surface area contributed by atoms with E-state index in [1.54, 1.807) is 12.1 Å². The number of hydrogen-bond donors (Lipinski definition) is 2. The number of carboxylic acid groups (broad SMARTS) is 1. The fourth-order valence-electron chi connectivity index (χ4n) is 4.59. The van der Waals surface area contributed by atoms with Gasteiger partial charge in [0.1, 0.15) is 0 Å². The molecule has 154 valence electrons. The summed E-state index contributed by atoms with van der Waals surface area (Å²) in [6, 6.07) is 18.9. The number of aryl methyl sites for hydroxylation is 1. The van der Waals surface area contributed by atoms with Crippen LogP contribution < -0.4 is 5.32 Å². The van der Waals surface area contributed by atoms with Gasteiger partial charge in [-0.3, -0.25) is 0 Å². The number of piperidine rings is 1. The van der Waals surface area contributed by atoms with E-state index in [1.165, 1.54) is 37.9 Å². The molecular formula is C25H32N2O2. The van der Waals surface area contributed by atoms with Crippen LogP contribution in [0, 0.1) is 5.92 Å². The molecule has 4 nitrogen and oxygen atoms in total. The quantitative estimate of drug-likeness (QED) is 0.672. The zero-order chi connectivity index (χ0) is 20.1. The van der Waals surface area contributed by atoms with Crippen LogP contribution in [-0.4, -0.2) is 48.2 Å². The Labute approximate surface area is 173 Å². The standard InChI is InChI=1S/C25H32N2O2/c28-25(29)22-10-4-6-19(16-22)7-5-13-27-14-11-20(12-15-27)18-26-24-17-23(24)21-8-2-1-3-9-21/h1-4,6,8-10,16,20,23-24,26H,5,7,11-15,17-18H2,(H,28,29)/t23?,24-/m0/s1. The second-order valence-electron chi connectivity index (χ2n) is 8.66. The molecule has 29 heavy (non-hydrogen) atoms. The largest absolute Gasteiger partial charge is 0.478 e. The zero-order valence-electron chi connectivity index (χ0n) is 17.1. The van der Waals surface area contributed by atoms with Gasteiger partial charge in [0, 0.05) is 12.0 Å². The first-order valence-corrected chi connectivity index (χ1v) is 11.0. The topological polar surface area (TPSA) is 52.6 Å². The smallest absolute Gasteiger partial charge is 0.335 e. The first kappa shape index (κ1) is 20.1. The van der Waals surface area contributed by atoms with Gasteiger partial charge in [0.15, 0.2) is 0 Å². The lowest BCUT2D eigenvalue weighted by Gasteiger charge is -2.32. The molecule has 1 heterocycles. The summed E-state index contributed by atoms with van der Waals surface area (Å²) in [4.78, 5) is 13.7. The summed E-state index contributed by atoms with van der Waals surface area (Å²) in [5, 5.41) is 12.9. The second-order valence-corrected chi connectivity index (χ2v) is 8.66. The minimum Gasteiger partial charge on any atom is -0.478 e. The van der Waals surface area contributed by atoms with Crippen LogP contribution in [0.1, 0.15) is 53.1 Å². The van der Waals surface area contributed by atoms with Gasteiger partial charge in [0.2, 0.25) is 0 Å². The highest BCUT2D eigenvalue weighted by molar-refractivity contribution is 5.87. The van der Waals surface area contributed by atoms with E-state index in [9.17, 15) is 4.79 Å². The molecule has 0 radical (unpaired) electrons. The maximum Gasteiger partial charge on any atom is 0.335 e. The maximum absolute atomic E-state index is 11.1. The lowest BCUT2D eigenvalue weighted by atomic mass is 9.96. The van der Waals surface area contributed by atoms with Gasteiger partial charge in [0.25, 0.3) is 0 Å². The Morgan fingerprint density at radius 1 is 1.07 bits per heavy atom. The van der Waals surface area contributed by atoms with Crippen molar-refractivity contribution in [1.29, 1.82) is 0 Å². The van der Waals surface area contributed by atoms with Crippen LogP contribution in [0.5, 0.6) is 0 Å². The monoisotopic (exact) mass is 392 g/mol. The van der Waals surface area contributed by atoms with E-state index in [1.807, 2.05) is 12.1 Å². The number of carbonyl (C=O) groups is 1. The third-order valence-corrected chi connectivity index (χ3v) is 6.51. The van der Waals surface area contributed by atoms with Crippen molar-refractivity contribution in [3.8, 4) is 0 Å². The Hall–Kier alpha value is -2.17. The van der Waals surface area contributed by atoms with Crippen LogP contribution in [0.3, 0.4) is 0 Å². The van der Waals surface area contributed by atoms with E-state index in [2.05, 4.69) is 40.5 Å². The maximum atomic E-state index is 11.1. The van der Waals surface area contributed by atoms with Crippen molar-refractivity contribution in [3.63, 3.8) is 0 Å². The Bertz CT molecular complexity index is 799. The normalized spacial score (nSPS) is 22.5. The number of rotatable bonds is 9. The summed E-state index contributed by atoms with van der Waals surface area (Å²) < 4.78 is 0. The average molecular weight is 393 g/mol. The molecule has 2 aromatic rings. The summed E-state index contributed by atoms with van der Waals surface area (Å²) in [5.41, 5.74) is 3.00. The predicted molar refractivity (Wildman–Crippen MR) is 116 cm³/mol. The highest BCUT2D eigenvalue weighted by Crippen LogP contribution is 2.40. The summed E-state index contributed by atoms with van der Waals surface area (Å²) in [7, 11) is 0. The number of aromatic carboxylic acids is 1. The van der Waals surface area contributed by atoms with Gasteiger partial charge >= 0.3 is 5.97 Å². The Morgan fingerprint density at radius 3 is 2.62 bits per heavy atom. The van der Waals surface area contributed by atoms with Crippen LogP contribution >= 0.6 is 0 Å². The van der Waals surface area contributed by atoms with Gasteiger partial charge in [-0.25, -0.2) is 4.79 Å². The summed E-state index contributed by atoms with van der Waals surface area (Å²) in [6.07, 6.45) is 5.89. The third-order valence-electron chi connectivity index (χ3n) is 6.51. The van der Waals surface area contributed by atoms with Crippen molar-refractivity contribution < 1.29 is 9.90 Å². The molecule has 1 saturated heterocycles. The Kier molecular flexibility index (Phi) is 6.63. The predicted octanol–water partition coefficient (Wildman–Crippen LogP) is 4.18. The van der Waals surface area contributed by atoms with E-state index < -0.39 is 5.97 Å². The van der Waals surface area contributed by atoms with Crippen molar-refractivity contribution in [3.05, 3.63) is 71.3 Å². The van der Waals surface area contributed by atoms with Gasteiger partial charge in [0.05, 0.1) is 5.56 Å². The van der Waals surface area contributed by atoms with E-state index in [0.717, 1.165) is 43.3 Å². The molecule has 2 N–H and O–H groups in total. The Balaban J connectivity index is 1.11. The number of likely N-dealkylation sites (tertiary alicyclic amines) is 1. The van der Waals surface area contributed by atoms with Crippen molar-refractivity contribution in [2.75, 3.05) is 26.2 Å². The fraction of sp³-hybridized carbons (Fsp3) is 0.480. The summed E-state index contributed by atoms with van der Waals surface area (Å²) in [5.74, 6) is 0.676. The molecular weight excluding hydrogens is 360 g/mol. The SMILES string of the molecule is O=C(O)c1cccc(CCCN2CCC(CN[C@H]3CC3c3ccccc3)CC2)c1. The molecule has 4 rings (SSSR count). The molecule has 0 aromatic heterocycles. The Morgan fingerprint density at radius 2 is 1.86 bits per heavy atom. The van der Waals surface area contributed by atoms with Gasteiger partial charge in [-0.05, 0) is 87.5 Å². The van der Waals surface area contributed by atoms with Crippen LogP contribution in [0.15, 0.2) is 54.6 Å². The van der Waals surface area contributed by atoms with Crippen molar-refractivity contribution >= 4 is 5.97 Å². The van der Waals surface area contributed by atoms with Gasteiger partial charge in [-0.1, -0.05) is 42.5 Å². The minimum atomic E-state index is -0.844.